The van der Waals surface area contributed by atoms with Crippen molar-refractivity contribution < 1.29 is 8.42 Å². The highest BCUT2D eigenvalue weighted by atomic mass is 32.2. The standard InChI is InChI=1S/C15H14N2O2S/c1-10-4-3-5-13-14(10)17-15(16-13)11-6-8-12(9-7-11)20(2,18)19/h3-9H,1-2H3,(H,16,17). The van der Waals surface area contributed by atoms with E-state index >= 15 is 0 Å². The van der Waals surface area contributed by atoms with Gasteiger partial charge in [0.1, 0.15) is 5.82 Å². The Morgan fingerprint density at radius 1 is 1.05 bits per heavy atom. The van der Waals surface area contributed by atoms with Crippen LogP contribution >= 0.6 is 0 Å². The number of fused-ring (bicyclic) bond motifs is 1. The fraction of sp³-hybridized carbons (Fsp3) is 0.133. The average Bonchev–Trinajstić information content (AvgIpc) is 2.83. The summed E-state index contributed by atoms with van der Waals surface area (Å²) in [6, 6.07) is 12.7. The van der Waals surface area contributed by atoms with Gasteiger partial charge in [-0.1, -0.05) is 12.1 Å². The molecule has 0 aliphatic heterocycles. The van der Waals surface area contributed by atoms with Crippen LogP contribution in [0.3, 0.4) is 0 Å². The molecule has 2 aromatic carbocycles. The molecule has 0 amide bonds. The van der Waals surface area contributed by atoms with Crippen molar-refractivity contribution in [1.82, 2.24) is 9.97 Å². The van der Waals surface area contributed by atoms with Gasteiger partial charge >= 0.3 is 0 Å². The molecule has 0 unspecified atom stereocenters. The fourth-order valence-corrected chi connectivity index (χ4v) is 2.80. The first-order chi connectivity index (χ1) is 9.45. The number of aryl methyl sites for hydroxylation is 1. The Hall–Kier alpha value is -2.14. The molecule has 1 aromatic heterocycles. The van der Waals surface area contributed by atoms with Gasteiger partial charge < -0.3 is 4.98 Å². The number of imidazole rings is 1. The summed E-state index contributed by atoms with van der Waals surface area (Å²) in [7, 11) is -3.16. The maximum atomic E-state index is 11.4. The van der Waals surface area contributed by atoms with Crippen LogP contribution in [-0.4, -0.2) is 24.6 Å². The summed E-state index contributed by atoms with van der Waals surface area (Å²) in [5.74, 6) is 0.745. The number of H-pyrrole nitrogens is 1. The number of rotatable bonds is 2. The maximum Gasteiger partial charge on any atom is 0.175 e. The first-order valence-electron chi connectivity index (χ1n) is 6.21. The van der Waals surface area contributed by atoms with Crippen molar-refractivity contribution in [3.05, 3.63) is 48.0 Å². The van der Waals surface area contributed by atoms with E-state index in [1.165, 1.54) is 6.26 Å². The van der Waals surface area contributed by atoms with Crippen molar-refractivity contribution in [2.24, 2.45) is 0 Å². The van der Waals surface area contributed by atoms with Crippen molar-refractivity contribution in [2.75, 3.05) is 6.26 Å². The third-order valence-corrected chi connectivity index (χ3v) is 4.40. The van der Waals surface area contributed by atoms with Crippen LogP contribution in [0.15, 0.2) is 47.4 Å². The summed E-state index contributed by atoms with van der Waals surface area (Å²) >= 11 is 0. The minimum Gasteiger partial charge on any atom is -0.338 e. The Morgan fingerprint density at radius 3 is 2.35 bits per heavy atom. The topological polar surface area (TPSA) is 62.8 Å². The molecule has 1 N–H and O–H groups in total. The van der Waals surface area contributed by atoms with E-state index in [1.54, 1.807) is 24.3 Å². The van der Waals surface area contributed by atoms with Gasteiger partial charge in [0.25, 0.3) is 0 Å². The molecular weight excluding hydrogens is 272 g/mol. The van der Waals surface area contributed by atoms with E-state index in [0.29, 0.717) is 4.90 Å². The minimum atomic E-state index is -3.16. The Kier molecular flexibility index (Phi) is 2.87. The SMILES string of the molecule is Cc1cccc2[nH]c(-c3ccc(S(C)(=O)=O)cc3)nc12. The summed E-state index contributed by atoms with van der Waals surface area (Å²) in [5.41, 5.74) is 3.90. The zero-order valence-electron chi connectivity index (χ0n) is 11.2. The van der Waals surface area contributed by atoms with Crippen LogP contribution in [-0.2, 0) is 9.84 Å². The number of aromatic amines is 1. The number of nitrogens with zero attached hydrogens (tertiary/aromatic N) is 1. The number of hydrogen-bond donors (Lipinski definition) is 1. The molecule has 0 aliphatic carbocycles. The lowest BCUT2D eigenvalue weighted by atomic mass is 10.2. The highest BCUT2D eigenvalue weighted by Gasteiger charge is 2.09. The highest BCUT2D eigenvalue weighted by molar-refractivity contribution is 7.90. The van der Waals surface area contributed by atoms with Gasteiger partial charge in [-0.25, -0.2) is 13.4 Å². The third kappa shape index (κ3) is 2.20. The van der Waals surface area contributed by atoms with E-state index in [1.807, 2.05) is 25.1 Å². The molecule has 0 bridgehead atoms. The smallest absolute Gasteiger partial charge is 0.175 e. The van der Waals surface area contributed by atoms with Crippen LogP contribution in [0.4, 0.5) is 0 Å². The molecule has 4 nitrogen and oxygen atoms in total. The van der Waals surface area contributed by atoms with Crippen LogP contribution in [0.2, 0.25) is 0 Å². The molecule has 0 fully saturated rings. The summed E-state index contributed by atoms with van der Waals surface area (Å²) < 4.78 is 22.9. The zero-order valence-corrected chi connectivity index (χ0v) is 12.0. The predicted molar refractivity (Wildman–Crippen MR) is 79.4 cm³/mol. The lowest BCUT2D eigenvalue weighted by Gasteiger charge is -2.00. The van der Waals surface area contributed by atoms with Gasteiger partial charge in [-0.05, 0) is 42.8 Å². The second kappa shape index (κ2) is 4.45. The second-order valence-corrected chi connectivity index (χ2v) is 6.87. The van der Waals surface area contributed by atoms with Crippen LogP contribution < -0.4 is 0 Å². The van der Waals surface area contributed by atoms with Crippen LogP contribution in [0.5, 0.6) is 0 Å². The number of nitrogens with one attached hydrogen (secondary N) is 1. The molecule has 0 aliphatic rings. The molecule has 0 radical (unpaired) electrons. The normalized spacial score (nSPS) is 11.9. The Morgan fingerprint density at radius 2 is 1.75 bits per heavy atom. The van der Waals surface area contributed by atoms with Crippen LogP contribution in [0, 0.1) is 6.92 Å². The van der Waals surface area contributed by atoms with Gasteiger partial charge in [0.15, 0.2) is 9.84 Å². The zero-order chi connectivity index (χ0) is 14.3. The van der Waals surface area contributed by atoms with E-state index < -0.39 is 9.84 Å². The average molecular weight is 286 g/mol. The number of para-hydroxylation sites is 1. The molecule has 0 spiro atoms. The minimum absolute atomic E-state index is 0.313. The van der Waals surface area contributed by atoms with Gasteiger partial charge in [0.05, 0.1) is 15.9 Å². The van der Waals surface area contributed by atoms with Crippen LogP contribution in [0.25, 0.3) is 22.4 Å². The summed E-state index contributed by atoms with van der Waals surface area (Å²) in [5, 5.41) is 0. The molecule has 0 saturated carbocycles. The van der Waals surface area contributed by atoms with Gasteiger partial charge in [-0.15, -0.1) is 0 Å². The fourth-order valence-electron chi connectivity index (χ4n) is 2.17. The van der Waals surface area contributed by atoms with Gasteiger partial charge in [-0.3, -0.25) is 0 Å². The van der Waals surface area contributed by atoms with E-state index in [9.17, 15) is 8.42 Å². The summed E-state index contributed by atoms with van der Waals surface area (Å²) in [6.07, 6.45) is 1.20. The lowest BCUT2D eigenvalue weighted by molar-refractivity contribution is 0.602. The van der Waals surface area contributed by atoms with E-state index in [4.69, 9.17) is 0 Å². The molecule has 3 rings (SSSR count). The highest BCUT2D eigenvalue weighted by Crippen LogP contribution is 2.23. The predicted octanol–water partition coefficient (Wildman–Crippen LogP) is 2.94. The number of sulfone groups is 1. The van der Waals surface area contributed by atoms with Gasteiger partial charge in [0, 0.05) is 11.8 Å². The van der Waals surface area contributed by atoms with Crippen molar-refractivity contribution >= 4 is 20.9 Å². The Labute approximate surface area is 117 Å². The van der Waals surface area contributed by atoms with Crippen molar-refractivity contribution in [2.45, 2.75) is 11.8 Å². The molecule has 5 heteroatoms. The maximum absolute atomic E-state index is 11.4. The number of benzene rings is 2. The number of aromatic nitrogens is 2. The molecule has 0 atom stereocenters. The van der Waals surface area contributed by atoms with E-state index in [0.717, 1.165) is 28.0 Å². The molecule has 0 saturated heterocycles. The van der Waals surface area contributed by atoms with Crippen molar-refractivity contribution in [1.29, 1.82) is 0 Å². The number of hydrogen-bond acceptors (Lipinski definition) is 3. The van der Waals surface area contributed by atoms with Crippen molar-refractivity contribution in [3.63, 3.8) is 0 Å². The molecule has 102 valence electrons. The van der Waals surface area contributed by atoms with Gasteiger partial charge in [-0.2, -0.15) is 0 Å². The monoisotopic (exact) mass is 286 g/mol. The first kappa shape index (κ1) is 12.9. The van der Waals surface area contributed by atoms with E-state index in [-0.39, 0.29) is 0 Å². The molecule has 1 heterocycles. The quantitative estimate of drug-likeness (QED) is 0.787. The third-order valence-electron chi connectivity index (χ3n) is 3.27. The first-order valence-corrected chi connectivity index (χ1v) is 8.10. The summed E-state index contributed by atoms with van der Waals surface area (Å²) in [4.78, 5) is 8.13. The Bertz CT molecular complexity index is 878. The largest absolute Gasteiger partial charge is 0.338 e. The summed E-state index contributed by atoms with van der Waals surface area (Å²) in [6.45, 7) is 2.01. The van der Waals surface area contributed by atoms with Crippen molar-refractivity contribution in [3.8, 4) is 11.4 Å². The molecular formula is C15H14N2O2S. The second-order valence-electron chi connectivity index (χ2n) is 4.85. The molecule has 20 heavy (non-hydrogen) atoms. The van der Waals surface area contributed by atoms with Crippen LogP contribution in [0.1, 0.15) is 5.56 Å². The van der Waals surface area contributed by atoms with Gasteiger partial charge in [0.2, 0.25) is 0 Å². The molecule has 3 aromatic rings. The lowest BCUT2D eigenvalue weighted by Crippen LogP contribution is -1.96. The van der Waals surface area contributed by atoms with E-state index in [2.05, 4.69) is 9.97 Å². The Balaban J connectivity index is 2.09.